The van der Waals surface area contributed by atoms with Gasteiger partial charge in [-0.05, 0) is 38.9 Å². The monoisotopic (exact) mass is 192 g/mol. The van der Waals surface area contributed by atoms with Gasteiger partial charge in [0.25, 0.3) is 0 Å². The molecule has 1 fully saturated rings. The first-order valence-corrected chi connectivity index (χ1v) is 5.15. The maximum absolute atomic E-state index is 9.40. The Bertz CT molecular complexity index is 109. The molecule has 0 spiro atoms. The normalized spacial score (nSPS) is 18.8. The smallest absolute Gasteiger partial charge is 0.0306 e. The predicted molar refractivity (Wildman–Crippen MR) is 44.9 cm³/mol. The van der Waals surface area contributed by atoms with Crippen molar-refractivity contribution in [2.24, 2.45) is 0 Å². The molecular weight excluding hydrogens is 178 g/mol. The molecule has 0 aromatic carbocycles. The van der Waals surface area contributed by atoms with Gasteiger partial charge in [0.1, 0.15) is 0 Å². The van der Waals surface area contributed by atoms with Crippen molar-refractivity contribution >= 4 is 12.0 Å². The van der Waals surface area contributed by atoms with Gasteiger partial charge in [0.2, 0.25) is 0 Å². The fraction of sp³-hybridized carbons (Fsp3) is 1.00. The first-order chi connectivity index (χ1) is 5.93. The van der Waals surface area contributed by atoms with E-state index in [-0.39, 0.29) is 0 Å². The lowest BCUT2D eigenvalue weighted by Crippen LogP contribution is -2.20. The van der Waals surface area contributed by atoms with Gasteiger partial charge in [-0.3, -0.25) is 5.04 Å². The van der Waals surface area contributed by atoms with Crippen molar-refractivity contribution in [1.82, 2.24) is 4.90 Å². The molecule has 0 aliphatic carbocycles. The van der Waals surface area contributed by atoms with Gasteiger partial charge in [-0.15, -0.1) is 0 Å². The van der Waals surface area contributed by atoms with Crippen molar-refractivity contribution in [3.05, 3.63) is 0 Å². The molecule has 1 aliphatic heterocycles. The highest BCUT2D eigenvalue weighted by atomic mass is 32.2. The number of nitrogens with zero attached hydrogens (tertiary/aromatic N) is 1. The summed E-state index contributed by atoms with van der Waals surface area (Å²) in [5.74, 6) is 0.818. The highest BCUT2D eigenvalue weighted by molar-refractivity contribution is 7.94. The Morgan fingerprint density at radius 1 is 1.33 bits per heavy atom. The summed E-state index contributed by atoms with van der Waals surface area (Å²) in [4.78, 5) is 2.43. The second-order valence-corrected chi connectivity index (χ2v) is 3.64. The van der Waals surface area contributed by atoms with Crippen LogP contribution in [0.15, 0.2) is 0 Å². The average molecular weight is 192 g/mol. The molecule has 72 valence electrons. The van der Waals surface area contributed by atoms with Gasteiger partial charge < -0.3 is 10.2 Å². The first-order valence-electron chi connectivity index (χ1n) is 4.24. The lowest BCUT2D eigenvalue weighted by Gasteiger charge is -2.13. The van der Waals surface area contributed by atoms with E-state index in [1.54, 1.807) is 0 Å². The third kappa shape index (κ3) is 4.27. The Balaban J connectivity index is 1.81. The zero-order valence-electron chi connectivity index (χ0n) is 7.03. The van der Waals surface area contributed by atoms with Crippen molar-refractivity contribution in [2.45, 2.75) is 19.3 Å². The van der Waals surface area contributed by atoms with Gasteiger partial charge in [0.15, 0.2) is 0 Å². The van der Waals surface area contributed by atoms with E-state index in [0.29, 0.717) is 0 Å². The lowest BCUT2D eigenvalue weighted by atomic mass is 10.4. The molecule has 12 heavy (non-hydrogen) atoms. The van der Waals surface area contributed by atoms with Crippen LogP contribution in [0.1, 0.15) is 19.3 Å². The van der Waals surface area contributed by atoms with Crippen LogP contribution in [0.2, 0.25) is 0 Å². The molecule has 1 saturated heterocycles. The molecular formula is C7H14NO3S-. The number of hydrogen-bond donors (Lipinski definition) is 0. The Kier molecular flexibility index (Phi) is 5.72. The third-order valence-corrected chi connectivity index (χ3v) is 2.58. The second-order valence-electron chi connectivity index (χ2n) is 2.86. The van der Waals surface area contributed by atoms with Crippen molar-refractivity contribution in [3.8, 4) is 0 Å². The van der Waals surface area contributed by atoms with Crippen molar-refractivity contribution in [2.75, 3.05) is 25.4 Å². The van der Waals surface area contributed by atoms with Gasteiger partial charge >= 0.3 is 0 Å². The topological polar surface area (TPSA) is 44.8 Å². The maximum Gasteiger partial charge on any atom is 0.0306 e. The van der Waals surface area contributed by atoms with Crippen LogP contribution in [0.4, 0.5) is 0 Å². The largest absolute Gasteiger partial charge is 0.691 e. The summed E-state index contributed by atoms with van der Waals surface area (Å²) in [7, 11) is 0. The van der Waals surface area contributed by atoms with Crippen molar-refractivity contribution in [3.63, 3.8) is 0 Å². The molecule has 0 bridgehead atoms. The minimum atomic E-state index is 0.818. The van der Waals surface area contributed by atoms with E-state index in [9.17, 15) is 5.26 Å². The number of likely N-dealkylation sites (tertiary alicyclic amines) is 1. The van der Waals surface area contributed by atoms with Gasteiger partial charge in [-0.25, -0.2) is 0 Å². The van der Waals surface area contributed by atoms with Gasteiger partial charge in [-0.2, -0.15) is 4.33 Å². The molecule has 0 radical (unpaired) electrons. The molecule has 0 amide bonds. The van der Waals surface area contributed by atoms with Crippen LogP contribution in [0.5, 0.6) is 0 Å². The highest BCUT2D eigenvalue weighted by Crippen LogP contribution is 2.09. The van der Waals surface area contributed by atoms with E-state index in [1.807, 2.05) is 0 Å². The average Bonchev–Trinajstić information content (AvgIpc) is 2.57. The summed E-state index contributed by atoms with van der Waals surface area (Å²) in [6.45, 7) is 3.56. The Labute approximate surface area is 76.9 Å². The van der Waals surface area contributed by atoms with Crippen LogP contribution in [0, 0.1) is 0 Å². The van der Waals surface area contributed by atoms with Crippen LogP contribution in [-0.4, -0.2) is 30.3 Å². The van der Waals surface area contributed by atoms with Crippen LogP contribution < -0.4 is 5.26 Å². The van der Waals surface area contributed by atoms with E-state index >= 15 is 0 Å². The lowest BCUT2D eigenvalue weighted by molar-refractivity contribution is -0.777. The molecule has 1 heterocycles. The van der Waals surface area contributed by atoms with E-state index in [4.69, 9.17) is 0 Å². The summed E-state index contributed by atoms with van der Waals surface area (Å²) in [5.41, 5.74) is 0. The molecule has 0 atom stereocenters. The van der Waals surface area contributed by atoms with Crippen LogP contribution in [-0.2, 0) is 9.37 Å². The van der Waals surface area contributed by atoms with Crippen LogP contribution >= 0.6 is 12.0 Å². The van der Waals surface area contributed by atoms with Gasteiger partial charge in [0.05, 0.1) is 0 Å². The minimum Gasteiger partial charge on any atom is -0.691 e. The summed E-state index contributed by atoms with van der Waals surface area (Å²) >= 11 is 1.08. The zero-order chi connectivity index (χ0) is 8.65. The summed E-state index contributed by atoms with van der Waals surface area (Å²) in [5, 5.41) is 12.6. The van der Waals surface area contributed by atoms with E-state index in [0.717, 1.165) is 30.8 Å². The molecule has 4 nitrogen and oxygen atoms in total. The molecule has 0 N–H and O–H groups in total. The summed E-state index contributed by atoms with van der Waals surface area (Å²) < 4.78 is 4.14. The standard InChI is InChI=1S/C7H15NO3S/c9-10-11-12-7-3-6-8-4-1-2-5-8/h9H,1-7H2/p-1. The molecule has 1 rings (SSSR count). The SMILES string of the molecule is [O-]OOSCCCN1CCCC1. The first kappa shape index (κ1) is 10.3. The van der Waals surface area contributed by atoms with Crippen molar-refractivity contribution < 1.29 is 14.6 Å². The fourth-order valence-electron chi connectivity index (χ4n) is 1.41. The molecule has 0 aromatic heterocycles. The van der Waals surface area contributed by atoms with E-state index in [1.165, 1.54) is 25.9 Å². The Hall–Kier alpha value is 0.190. The highest BCUT2D eigenvalue weighted by Gasteiger charge is 2.09. The van der Waals surface area contributed by atoms with Crippen LogP contribution in [0.3, 0.4) is 0 Å². The number of hydrogen-bond acceptors (Lipinski definition) is 5. The molecule has 0 saturated carbocycles. The predicted octanol–water partition coefficient (Wildman–Crippen LogP) is 0.344. The molecule has 0 unspecified atom stereocenters. The van der Waals surface area contributed by atoms with Gasteiger partial charge in [0, 0.05) is 17.8 Å². The minimum absolute atomic E-state index is 0.818. The van der Waals surface area contributed by atoms with E-state index in [2.05, 4.69) is 14.3 Å². The van der Waals surface area contributed by atoms with Crippen LogP contribution in [0.25, 0.3) is 0 Å². The quantitative estimate of drug-likeness (QED) is 0.263. The maximum atomic E-state index is 9.40. The number of rotatable bonds is 6. The zero-order valence-corrected chi connectivity index (χ0v) is 7.85. The second kappa shape index (κ2) is 6.68. The Morgan fingerprint density at radius 2 is 2.08 bits per heavy atom. The van der Waals surface area contributed by atoms with Crippen molar-refractivity contribution in [1.29, 1.82) is 0 Å². The summed E-state index contributed by atoms with van der Waals surface area (Å²) in [6, 6.07) is 0. The van der Waals surface area contributed by atoms with E-state index < -0.39 is 0 Å². The molecule has 1 aliphatic rings. The third-order valence-electron chi connectivity index (χ3n) is 1.98. The summed E-state index contributed by atoms with van der Waals surface area (Å²) in [6.07, 6.45) is 3.70. The van der Waals surface area contributed by atoms with Gasteiger partial charge in [-0.1, -0.05) is 0 Å². The molecule has 0 aromatic rings. The Morgan fingerprint density at radius 3 is 2.75 bits per heavy atom. The molecule has 5 heteroatoms. The fourth-order valence-corrected chi connectivity index (χ4v) is 1.76.